The Labute approximate surface area is 206 Å². The summed E-state index contributed by atoms with van der Waals surface area (Å²) in [6.07, 6.45) is 1.21. The zero-order valence-corrected chi connectivity index (χ0v) is 20.1. The van der Waals surface area contributed by atoms with E-state index >= 15 is 0 Å². The second-order valence-electron chi connectivity index (χ2n) is 8.11. The molecule has 5 rings (SSSR count). The zero-order valence-electron chi connectivity index (χ0n) is 19.3. The Morgan fingerprint density at radius 1 is 1.03 bits per heavy atom. The third-order valence-electron chi connectivity index (χ3n) is 5.85. The van der Waals surface area contributed by atoms with Crippen LogP contribution in [0.4, 0.5) is 0 Å². The lowest BCUT2D eigenvalue weighted by Gasteiger charge is -2.15. The number of methoxy groups -OCH3 is 1. The first-order chi connectivity index (χ1) is 17.4. The fourth-order valence-corrected chi connectivity index (χ4v) is 5.35. The molecule has 0 unspecified atom stereocenters. The Balaban J connectivity index is 1.53. The van der Waals surface area contributed by atoms with Gasteiger partial charge in [-0.05, 0) is 35.9 Å². The number of nitrogens with one attached hydrogen (secondary N) is 1. The lowest BCUT2D eigenvalue weighted by Crippen LogP contribution is -2.28. The van der Waals surface area contributed by atoms with E-state index in [1.54, 1.807) is 43.5 Å². The van der Waals surface area contributed by atoms with Gasteiger partial charge in [0.25, 0.3) is 0 Å². The van der Waals surface area contributed by atoms with Crippen LogP contribution in [-0.2, 0) is 27.7 Å². The van der Waals surface area contributed by atoms with E-state index in [2.05, 4.69) is 5.32 Å². The highest BCUT2D eigenvalue weighted by Crippen LogP contribution is 2.35. The molecule has 0 atom stereocenters. The molecule has 0 saturated heterocycles. The molecule has 10 heteroatoms. The Bertz CT molecular complexity index is 1610. The van der Waals surface area contributed by atoms with Crippen LogP contribution in [0.5, 0.6) is 17.2 Å². The van der Waals surface area contributed by atoms with Crippen LogP contribution < -0.4 is 25.0 Å². The normalized spacial score (nSPS) is 12.5. The molecule has 1 aromatic heterocycles. The maximum absolute atomic E-state index is 13.4. The van der Waals surface area contributed by atoms with Crippen LogP contribution in [0.15, 0.2) is 87.5 Å². The van der Waals surface area contributed by atoms with Crippen molar-refractivity contribution in [3.05, 3.63) is 88.7 Å². The van der Waals surface area contributed by atoms with Gasteiger partial charge in [-0.2, -0.15) is 0 Å². The second-order valence-corrected chi connectivity index (χ2v) is 10.0. The fourth-order valence-electron chi connectivity index (χ4n) is 3.96. The van der Waals surface area contributed by atoms with Gasteiger partial charge in [-0.25, -0.2) is 8.42 Å². The molecule has 1 N–H and O–H groups in total. The molecule has 1 aliphatic heterocycles. The van der Waals surface area contributed by atoms with Gasteiger partial charge in [0.2, 0.25) is 28.0 Å². The number of benzene rings is 3. The van der Waals surface area contributed by atoms with E-state index in [0.717, 1.165) is 5.56 Å². The van der Waals surface area contributed by atoms with Gasteiger partial charge in [-0.3, -0.25) is 9.59 Å². The minimum Gasteiger partial charge on any atom is -0.497 e. The van der Waals surface area contributed by atoms with Crippen LogP contribution >= 0.6 is 0 Å². The van der Waals surface area contributed by atoms with Gasteiger partial charge in [0, 0.05) is 18.8 Å². The lowest BCUT2D eigenvalue weighted by molar-refractivity contribution is -0.121. The van der Waals surface area contributed by atoms with E-state index in [1.165, 1.54) is 29.0 Å². The van der Waals surface area contributed by atoms with Crippen LogP contribution in [0.25, 0.3) is 10.9 Å². The zero-order chi connectivity index (χ0) is 25.3. The van der Waals surface area contributed by atoms with Gasteiger partial charge in [0.15, 0.2) is 11.5 Å². The SMILES string of the molecule is COc1ccc(CNC(=O)Cn2cc(S(=O)(=O)c3ccccc3)c(=O)c3cc4c(cc32)OCO4)cc1. The first kappa shape index (κ1) is 23.4. The summed E-state index contributed by atoms with van der Waals surface area (Å²) in [7, 11) is -2.57. The summed E-state index contributed by atoms with van der Waals surface area (Å²) in [5.74, 6) is 1.09. The van der Waals surface area contributed by atoms with Gasteiger partial charge in [0.1, 0.15) is 17.2 Å². The molecule has 3 aromatic carbocycles. The summed E-state index contributed by atoms with van der Waals surface area (Å²) in [5.41, 5.74) is 0.544. The Kier molecular flexibility index (Phi) is 6.11. The lowest BCUT2D eigenvalue weighted by atomic mass is 10.2. The van der Waals surface area contributed by atoms with Crippen molar-refractivity contribution in [2.45, 2.75) is 22.9 Å². The monoisotopic (exact) mass is 506 g/mol. The molecule has 4 aromatic rings. The average molecular weight is 507 g/mol. The van der Waals surface area contributed by atoms with E-state index in [9.17, 15) is 18.0 Å². The molecule has 184 valence electrons. The summed E-state index contributed by atoms with van der Waals surface area (Å²) in [6, 6.07) is 18.0. The van der Waals surface area contributed by atoms with Crippen molar-refractivity contribution in [1.82, 2.24) is 9.88 Å². The second kappa shape index (κ2) is 9.38. The predicted octanol–water partition coefficient (Wildman–Crippen LogP) is 2.89. The highest BCUT2D eigenvalue weighted by atomic mass is 32.2. The van der Waals surface area contributed by atoms with Gasteiger partial charge in [-0.15, -0.1) is 0 Å². The van der Waals surface area contributed by atoms with Gasteiger partial charge in [-0.1, -0.05) is 30.3 Å². The topological polar surface area (TPSA) is 113 Å². The largest absolute Gasteiger partial charge is 0.497 e. The van der Waals surface area contributed by atoms with Crippen molar-refractivity contribution in [1.29, 1.82) is 0 Å². The first-order valence-corrected chi connectivity index (χ1v) is 12.5. The van der Waals surface area contributed by atoms with Crippen molar-refractivity contribution in [3.8, 4) is 17.2 Å². The molecule has 0 bridgehead atoms. The molecular formula is C26H22N2O7S. The Morgan fingerprint density at radius 3 is 2.42 bits per heavy atom. The third kappa shape index (κ3) is 4.38. The summed E-state index contributed by atoms with van der Waals surface area (Å²) in [6.45, 7) is 0.0315. The van der Waals surface area contributed by atoms with Crippen LogP contribution in [0.1, 0.15) is 5.56 Å². The number of amides is 1. The minimum atomic E-state index is -4.14. The molecular weight excluding hydrogens is 484 g/mol. The van der Waals surface area contributed by atoms with Crippen molar-refractivity contribution in [2.24, 2.45) is 0 Å². The maximum Gasteiger partial charge on any atom is 0.240 e. The molecule has 1 aliphatic rings. The number of aromatic nitrogens is 1. The average Bonchev–Trinajstić information content (AvgIpc) is 3.36. The number of rotatable bonds is 7. The van der Waals surface area contributed by atoms with Crippen LogP contribution in [0.3, 0.4) is 0 Å². The molecule has 36 heavy (non-hydrogen) atoms. The van der Waals surface area contributed by atoms with E-state index in [-0.39, 0.29) is 36.1 Å². The summed E-state index contributed by atoms with van der Waals surface area (Å²) in [4.78, 5) is 25.8. The summed E-state index contributed by atoms with van der Waals surface area (Å²) < 4.78 is 44.1. The third-order valence-corrected chi connectivity index (χ3v) is 7.61. The molecule has 9 nitrogen and oxygen atoms in total. The number of fused-ring (bicyclic) bond motifs is 2. The number of hydrogen-bond acceptors (Lipinski definition) is 7. The molecule has 0 radical (unpaired) electrons. The van der Waals surface area contributed by atoms with Gasteiger partial charge >= 0.3 is 0 Å². The molecule has 0 fully saturated rings. The van der Waals surface area contributed by atoms with Crippen molar-refractivity contribution >= 4 is 26.6 Å². The number of pyridine rings is 1. The smallest absolute Gasteiger partial charge is 0.240 e. The van der Waals surface area contributed by atoms with Crippen molar-refractivity contribution in [3.63, 3.8) is 0 Å². The predicted molar refractivity (Wildman–Crippen MR) is 131 cm³/mol. The van der Waals surface area contributed by atoms with Crippen molar-refractivity contribution in [2.75, 3.05) is 13.9 Å². The molecule has 0 saturated carbocycles. The van der Waals surface area contributed by atoms with E-state index in [0.29, 0.717) is 22.8 Å². The molecule has 1 amide bonds. The van der Waals surface area contributed by atoms with E-state index < -0.39 is 20.2 Å². The maximum atomic E-state index is 13.4. The number of carbonyl (C=O) groups is 1. The highest BCUT2D eigenvalue weighted by Gasteiger charge is 2.26. The Morgan fingerprint density at radius 2 is 1.72 bits per heavy atom. The fraction of sp³-hybridized carbons (Fsp3) is 0.154. The van der Waals surface area contributed by atoms with E-state index in [1.807, 2.05) is 12.1 Å². The highest BCUT2D eigenvalue weighted by molar-refractivity contribution is 7.91. The van der Waals surface area contributed by atoms with Crippen LogP contribution in [-0.4, -0.2) is 32.8 Å². The molecule has 2 heterocycles. The number of ether oxygens (including phenoxy) is 3. The minimum absolute atomic E-state index is 0.0160. The standard InChI is InChI=1S/C26H22N2O7S/c1-33-18-9-7-17(8-10-18)13-27-25(29)15-28-14-24(36(31,32)19-5-3-2-4-6-19)26(30)20-11-22-23(12-21(20)28)35-16-34-22/h2-12,14H,13,15-16H2,1H3,(H,27,29). The quantitative estimate of drug-likeness (QED) is 0.410. The number of carbonyl (C=O) groups excluding carboxylic acids is 1. The van der Waals surface area contributed by atoms with Gasteiger partial charge < -0.3 is 24.1 Å². The van der Waals surface area contributed by atoms with Crippen LogP contribution in [0.2, 0.25) is 0 Å². The van der Waals surface area contributed by atoms with Crippen LogP contribution in [0, 0.1) is 0 Å². The summed E-state index contributed by atoms with van der Waals surface area (Å²) >= 11 is 0. The summed E-state index contributed by atoms with van der Waals surface area (Å²) in [5, 5.41) is 2.93. The van der Waals surface area contributed by atoms with Crippen molar-refractivity contribution < 1.29 is 27.4 Å². The number of nitrogens with zero attached hydrogens (tertiary/aromatic N) is 1. The Hall–Kier alpha value is -4.31. The number of hydrogen-bond donors (Lipinski definition) is 1. The van der Waals surface area contributed by atoms with Gasteiger partial charge in [0.05, 0.1) is 22.9 Å². The van der Waals surface area contributed by atoms with E-state index in [4.69, 9.17) is 14.2 Å². The first-order valence-electron chi connectivity index (χ1n) is 11.0. The molecule has 0 spiro atoms. The number of sulfone groups is 1. The molecule has 0 aliphatic carbocycles.